The minimum atomic E-state index is -0.237. The largest absolute Gasteiger partial charge is 0.475 e. The Bertz CT molecular complexity index is 880. The average Bonchev–Trinajstić information content (AvgIpc) is 2.78. The minimum Gasteiger partial charge on any atom is -0.475 e. The molecule has 1 aromatic heterocycles. The molecule has 2 aliphatic heterocycles. The summed E-state index contributed by atoms with van der Waals surface area (Å²) < 4.78 is 5.58. The number of rotatable bonds is 1. The van der Waals surface area contributed by atoms with E-state index >= 15 is 0 Å². The van der Waals surface area contributed by atoms with Gasteiger partial charge in [0.2, 0.25) is 5.88 Å². The molecule has 0 unspecified atom stereocenters. The van der Waals surface area contributed by atoms with Gasteiger partial charge in [-0.2, -0.15) is 0 Å². The van der Waals surface area contributed by atoms with Crippen molar-refractivity contribution in [2.45, 2.75) is 12.8 Å². The lowest BCUT2D eigenvalue weighted by Gasteiger charge is -2.31. The molecule has 2 N–H and O–H groups in total. The van der Waals surface area contributed by atoms with Crippen molar-refractivity contribution >= 4 is 23.1 Å². The second-order valence-corrected chi connectivity index (χ2v) is 6.18. The summed E-state index contributed by atoms with van der Waals surface area (Å²) in [6.45, 7) is 4.86. The Morgan fingerprint density at radius 1 is 1.28 bits per heavy atom. The van der Waals surface area contributed by atoms with E-state index in [4.69, 9.17) is 10.5 Å². The number of carbonyl (C=O) groups excluding carboxylic acids is 1. The molecule has 0 aliphatic carbocycles. The second kappa shape index (κ2) is 5.77. The molecule has 1 aromatic carbocycles. The molecule has 0 atom stereocenters. The Kier molecular flexibility index (Phi) is 3.56. The lowest BCUT2D eigenvalue weighted by Crippen LogP contribution is -2.33. The van der Waals surface area contributed by atoms with Crippen molar-refractivity contribution in [3.8, 4) is 5.88 Å². The smallest absolute Gasteiger partial charge is 0.267 e. The highest BCUT2D eigenvalue weighted by molar-refractivity contribution is 6.10. The van der Waals surface area contributed by atoms with Crippen LogP contribution in [0.15, 0.2) is 36.8 Å². The number of fused-ring (bicyclic) bond motifs is 2. The van der Waals surface area contributed by atoms with Gasteiger partial charge in [-0.25, -0.2) is 9.97 Å². The Hall–Kier alpha value is -3.09. The number of anilines is 3. The quantitative estimate of drug-likeness (QED) is 0.857. The normalized spacial score (nSPS) is 16.8. The fourth-order valence-electron chi connectivity index (χ4n) is 3.29. The number of carbonyl (C=O) groups is 1. The van der Waals surface area contributed by atoms with E-state index in [0.29, 0.717) is 13.2 Å². The van der Waals surface area contributed by atoms with Crippen LogP contribution in [0.5, 0.6) is 5.88 Å². The summed E-state index contributed by atoms with van der Waals surface area (Å²) in [7, 11) is 2.01. The molecular formula is C18H19N5O2. The van der Waals surface area contributed by atoms with E-state index in [-0.39, 0.29) is 23.2 Å². The van der Waals surface area contributed by atoms with Crippen LogP contribution >= 0.6 is 0 Å². The first-order valence-corrected chi connectivity index (χ1v) is 8.16. The summed E-state index contributed by atoms with van der Waals surface area (Å²) >= 11 is 0. The molecule has 7 nitrogen and oxygen atoms in total. The van der Waals surface area contributed by atoms with Crippen molar-refractivity contribution in [1.29, 1.82) is 0 Å². The zero-order valence-electron chi connectivity index (χ0n) is 14.0. The van der Waals surface area contributed by atoms with Crippen molar-refractivity contribution in [2.24, 2.45) is 0 Å². The van der Waals surface area contributed by atoms with Gasteiger partial charge >= 0.3 is 0 Å². The molecule has 25 heavy (non-hydrogen) atoms. The van der Waals surface area contributed by atoms with Gasteiger partial charge < -0.3 is 20.3 Å². The highest BCUT2D eigenvalue weighted by Crippen LogP contribution is 2.35. The van der Waals surface area contributed by atoms with Crippen molar-refractivity contribution in [2.75, 3.05) is 35.7 Å². The summed E-state index contributed by atoms with van der Waals surface area (Å²) in [6.07, 6.45) is 3.12. The molecule has 7 heteroatoms. The third-order valence-electron chi connectivity index (χ3n) is 4.75. The maximum Gasteiger partial charge on any atom is 0.267 e. The lowest BCUT2D eigenvalue weighted by atomic mass is 9.99. The molecule has 0 fully saturated rings. The number of ether oxygens (including phenoxy) is 1. The first-order chi connectivity index (χ1) is 12.1. The number of amides is 1. The van der Waals surface area contributed by atoms with Crippen LogP contribution in [0.3, 0.4) is 0 Å². The van der Waals surface area contributed by atoms with Crippen LogP contribution in [0.1, 0.15) is 22.3 Å². The zero-order valence-corrected chi connectivity index (χ0v) is 14.0. The maximum atomic E-state index is 13.0. The van der Waals surface area contributed by atoms with Crippen LogP contribution in [0, 0.1) is 0 Å². The third-order valence-corrected chi connectivity index (χ3v) is 4.75. The van der Waals surface area contributed by atoms with Crippen molar-refractivity contribution in [3.05, 3.63) is 47.9 Å². The molecule has 2 aliphatic rings. The van der Waals surface area contributed by atoms with Crippen LogP contribution in [0.2, 0.25) is 0 Å². The average molecular weight is 337 g/mol. The van der Waals surface area contributed by atoms with Gasteiger partial charge in [-0.15, -0.1) is 0 Å². The number of hydrogen-bond donors (Lipinski definition) is 1. The predicted octanol–water partition coefficient (Wildman–Crippen LogP) is 1.99. The number of allylic oxidation sites excluding steroid dienone is 1. The maximum absolute atomic E-state index is 13.0. The van der Waals surface area contributed by atoms with Crippen LogP contribution < -0.4 is 20.3 Å². The Morgan fingerprint density at radius 2 is 2.12 bits per heavy atom. The molecule has 3 heterocycles. The van der Waals surface area contributed by atoms with Crippen molar-refractivity contribution in [1.82, 2.24) is 9.97 Å². The molecule has 128 valence electrons. The molecule has 0 saturated heterocycles. The van der Waals surface area contributed by atoms with Gasteiger partial charge in [-0.3, -0.25) is 4.79 Å². The van der Waals surface area contributed by atoms with Gasteiger partial charge in [0.05, 0.1) is 6.54 Å². The van der Waals surface area contributed by atoms with Crippen LogP contribution in [-0.2, 0) is 6.42 Å². The van der Waals surface area contributed by atoms with Crippen LogP contribution in [0.4, 0.5) is 17.2 Å². The monoisotopic (exact) mass is 337 g/mol. The number of nitrogens with zero attached hydrogens (tertiary/aromatic N) is 4. The van der Waals surface area contributed by atoms with Gasteiger partial charge in [0.25, 0.3) is 5.91 Å². The molecule has 0 saturated carbocycles. The summed E-state index contributed by atoms with van der Waals surface area (Å²) in [4.78, 5) is 24.7. The van der Waals surface area contributed by atoms with Gasteiger partial charge in [0.1, 0.15) is 24.3 Å². The molecule has 4 rings (SSSR count). The summed E-state index contributed by atoms with van der Waals surface area (Å²) in [6, 6.07) is 6.03. The Morgan fingerprint density at radius 3 is 2.96 bits per heavy atom. The lowest BCUT2D eigenvalue weighted by molar-refractivity contribution is 0.0990. The number of aromatic nitrogens is 2. The zero-order chi connectivity index (χ0) is 17.6. The standard InChI is InChI=1S/C18H19N5O2/c1-11-3-4-12-9-13(5-6-14(12)22(11)2)23-7-8-25-17-15(18(23)24)16(19)20-10-21-17/h5-6,9-10H,1,3-4,7-8H2,2H3,(H2,19,20,21). The topological polar surface area (TPSA) is 84.6 Å². The van der Waals surface area contributed by atoms with E-state index in [2.05, 4.69) is 27.5 Å². The van der Waals surface area contributed by atoms with E-state index in [1.54, 1.807) is 4.90 Å². The third kappa shape index (κ3) is 2.48. The van der Waals surface area contributed by atoms with E-state index < -0.39 is 0 Å². The Labute approximate surface area is 145 Å². The fraction of sp³-hybridized carbons (Fsp3) is 0.278. The van der Waals surface area contributed by atoms with E-state index in [0.717, 1.165) is 29.9 Å². The van der Waals surface area contributed by atoms with Gasteiger partial charge in [0, 0.05) is 24.1 Å². The number of nitrogens with two attached hydrogens (primary N) is 1. The number of hydrogen-bond acceptors (Lipinski definition) is 6. The SMILES string of the molecule is C=C1CCc2cc(N3CCOc4ncnc(N)c4C3=O)ccc2N1C. The molecule has 0 radical (unpaired) electrons. The van der Waals surface area contributed by atoms with Gasteiger partial charge in [0.15, 0.2) is 0 Å². The minimum absolute atomic E-state index is 0.135. The highest BCUT2D eigenvalue weighted by Gasteiger charge is 2.29. The van der Waals surface area contributed by atoms with Crippen molar-refractivity contribution < 1.29 is 9.53 Å². The van der Waals surface area contributed by atoms with E-state index in [9.17, 15) is 4.79 Å². The van der Waals surface area contributed by atoms with Gasteiger partial charge in [-0.1, -0.05) is 6.58 Å². The predicted molar refractivity (Wildman–Crippen MR) is 95.9 cm³/mol. The first-order valence-electron chi connectivity index (χ1n) is 8.16. The second-order valence-electron chi connectivity index (χ2n) is 6.18. The fourth-order valence-corrected chi connectivity index (χ4v) is 3.29. The number of benzene rings is 1. The molecule has 0 bridgehead atoms. The van der Waals surface area contributed by atoms with Crippen LogP contribution in [-0.4, -0.2) is 36.1 Å². The molecular weight excluding hydrogens is 318 g/mol. The molecule has 2 aromatic rings. The summed E-state index contributed by atoms with van der Waals surface area (Å²) in [5.74, 6) is 0.143. The van der Waals surface area contributed by atoms with E-state index in [1.165, 1.54) is 11.9 Å². The highest BCUT2D eigenvalue weighted by atomic mass is 16.5. The van der Waals surface area contributed by atoms with E-state index in [1.807, 2.05) is 19.2 Å². The van der Waals surface area contributed by atoms with Gasteiger partial charge in [-0.05, 0) is 36.6 Å². The Balaban J connectivity index is 1.74. The van der Waals surface area contributed by atoms with Crippen molar-refractivity contribution in [3.63, 3.8) is 0 Å². The first kappa shape index (κ1) is 15.4. The summed E-state index contributed by atoms with van der Waals surface area (Å²) in [5.41, 5.74) is 10.4. The van der Waals surface area contributed by atoms with Crippen LogP contribution in [0.25, 0.3) is 0 Å². The summed E-state index contributed by atoms with van der Waals surface area (Å²) in [5, 5.41) is 0. The number of nitrogen functional groups attached to an aromatic ring is 1. The molecule has 0 spiro atoms. The number of aryl methyl sites for hydroxylation is 1. The molecule has 1 amide bonds.